The van der Waals surface area contributed by atoms with Crippen LogP contribution in [-0.2, 0) is 17.5 Å². The predicted octanol–water partition coefficient (Wildman–Crippen LogP) is 3.64. The first kappa shape index (κ1) is 18.3. The van der Waals surface area contributed by atoms with Crippen LogP contribution in [0.3, 0.4) is 0 Å². The monoisotopic (exact) mass is 374 g/mol. The summed E-state index contributed by atoms with van der Waals surface area (Å²) in [6.45, 7) is 3.65. The Hall–Kier alpha value is -3.49. The molecule has 0 radical (unpaired) electrons. The molecule has 0 bridgehead atoms. The third kappa shape index (κ3) is 4.20. The molecule has 9 heteroatoms. The number of carbonyl (C=O) groups excluding carboxylic acids is 1. The molecule has 0 fully saturated rings. The Morgan fingerprint density at radius 2 is 2.00 bits per heavy atom. The predicted molar refractivity (Wildman–Crippen MR) is 90.9 cm³/mol. The van der Waals surface area contributed by atoms with Crippen molar-refractivity contribution in [3.63, 3.8) is 0 Å². The maximum absolute atomic E-state index is 12.6. The van der Waals surface area contributed by atoms with Gasteiger partial charge in [0.25, 0.3) is 0 Å². The minimum atomic E-state index is -4.57. The highest BCUT2D eigenvalue weighted by Gasteiger charge is 2.32. The number of rotatable bonds is 5. The zero-order valence-corrected chi connectivity index (χ0v) is 13.8. The summed E-state index contributed by atoms with van der Waals surface area (Å²) in [5, 5.41) is 3.40. The topological polar surface area (TPSA) is 77.0 Å². The molecule has 0 aliphatic rings. The van der Waals surface area contributed by atoms with Crippen molar-refractivity contribution in [2.24, 2.45) is 0 Å². The fourth-order valence-electron chi connectivity index (χ4n) is 2.32. The summed E-state index contributed by atoms with van der Waals surface area (Å²) in [6, 6.07) is 6.84. The summed E-state index contributed by atoms with van der Waals surface area (Å²) in [6.07, 6.45) is -0.349. The van der Waals surface area contributed by atoms with Crippen LogP contribution in [0.1, 0.15) is 11.3 Å². The first-order chi connectivity index (χ1) is 12.9. The molecule has 0 saturated carbocycles. The van der Waals surface area contributed by atoms with E-state index in [4.69, 9.17) is 4.74 Å². The number of fused-ring (bicyclic) bond motifs is 1. The van der Waals surface area contributed by atoms with Crippen molar-refractivity contribution in [2.75, 3.05) is 0 Å². The van der Waals surface area contributed by atoms with Crippen molar-refractivity contribution in [1.82, 2.24) is 20.3 Å². The zero-order valence-electron chi connectivity index (χ0n) is 13.8. The van der Waals surface area contributed by atoms with Crippen molar-refractivity contribution >= 4 is 16.8 Å². The number of aromatic nitrogens is 3. The maximum Gasteiger partial charge on any atom is 0.434 e. The van der Waals surface area contributed by atoms with Crippen LogP contribution in [0.4, 0.5) is 13.2 Å². The number of nitrogens with zero attached hydrogens (tertiary/aromatic N) is 3. The van der Waals surface area contributed by atoms with Gasteiger partial charge in [-0.3, -0.25) is 9.78 Å². The Balaban J connectivity index is 1.89. The van der Waals surface area contributed by atoms with Crippen molar-refractivity contribution < 1.29 is 22.7 Å². The molecule has 3 aromatic rings. The minimum absolute atomic E-state index is 0.0948. The number of amides is 1. The van der Waals surface area contributed by atoms with Gasteiger partial charge in [0.2, 0.25) is 11.8 Å². The maximum atomic E-state index is 12.6. The van der Waals surface area contributed by atoms with Crippen LogP contribution in [0.15, 0.2) is 55.5 Å². The Morgan fingerprint density at radius 3 is 2.67 bits per heavy atom. The summed E-state index contributed by atoms with van der Waals surface area (Å²) in [7, 11) is 0. The van der Waals surface area contributed by atoms with Crippen molar-refractivity contribution in [1.29, 1.82) is 0 Å². The molecule has 0 aliphatic carbocycles. The molecule has 138 valence electrons. The summed E-state index contributed by atoms with van der Waals surface area (Å²) >= 11 is 0. The Labute approximate surface area is 151 Å². The summed E-state index contributed by atoms with van der Waals surface area (Å²) in [5.74, 6) is -0.103. The molecule has 0 unspecified atom stereocenters. The SMILES string of the molecule is C=CC(=O)NCc1ccc(Oc2cnc(C(F)(F)F)cn2)c2ncccc12. The van der Waals surface area contributed by atoms with Gasteiger partial charge in [-0.2, -0.15) is 13.2 Å². The van der Waals surface area contributed by atoms with Crippen LogP contribution in [0, 0.1) is 0 Å². The van der Waals surface area contributed by atoms with E-state index in [0.717, 1.165) is 17.1 Å². The number of pyridine rings is 1. The van der Waals surface area contributed by atoms with E-state index in [1.54, 1.807) is 30.5 Å². The number of ether oxygens (including phenoxy) is 1. The summed E-state index contributed by atoms with van der Waals surface area (Å²) < 4.78 is 43.2. The number of carbonyl (C=O) groups is 1. The lowest BCUT2D eigenvalue weighted by molar-refractivity contribution is -0.141. The number of nitrogens with one attached hydrogen (secondary N) is 1. The minimum Gasteiger partial charge on any atom is -0.435 e. The summed E-state index contributed by atoms with van der Waals surface area (Å²) in [4.78, 5) is 22.6. The van der Waals surface area contributed by atoms with E-state index in [-0.39, 0.29) is 18.3 Å². The van der Waals surface area contributed by atoms with E-state index in [9.17, 15) is 18.0 Å². The Bertz CT molecular complexity index is 988. The van der Waals surface area contributed by atoms with E-state index in [1.807, 2.05) is 0 Å². The van der Waals surface area contributed by atoms with Crippen LogP contribution in [0.25, 0.3) is 10.9 Å². The van der Waals surface area contributed by atoms with Gasteiger partial charge in [0.05, 0.1) is 12.4 Å². The van der Waals surface area contributed by atoms with E-state index in [0.29, 0.717) is 17.5 Å². The van der Waals surface area contributed by atoms with Gasteiger partial charge in [0, 0.05) is 18.1 Å². The Kier molecular flexibility index (Phi) is 5.02. The van der Waals surface area contributed by atoms with E-state index >= 15 is 0 Å². The van der Waals surface area contributed by atoms with Crippen LogP contribution in [-0.4, -0.2) is 20.9 Å². The molecular weight excluding hydrogens is 361 g/mol. The van der Waals surface area contributed by atoms with E-state index < -0.39 is 11.9 Å². The molecule has 1 amide bonds. The average Bonchev–Trinajstić information content (AvgIpc) is 2.67. The molecular formula is C18H13F3N4O2. The van der Waals surface area contributed by atoms with Gasteiger partial charge in [-0.05, 0) is 23.8 Å². The number of benzene rings is 1. The average molecular weight is 374 g/mol. The molecule has 2 heterocycles. The molecule has 0 spiro atoms. The normalized spacial score (nSPS) is 11.2. The molecule has 27 heavy (non-hydrogen) atoms. The lowest BCUT2D eigenvalue weighted by atomic mass is 10.1. The van der Waals surface area contributed by atoms with Crippen molar-refractivity contribution in [3.05, 3.63) is 66.8 Å². The molecule has 0 aliphatic heterocycles. The first-order valence-corrected chi connectivity index (χ1v) is 7.72. The number of hydrogen-bond acceptors (Lipinski definition) is 5. The van der Waals surface area contributed by atoms with Crippen LogP contribution in [0.2, 0.25) is 0 Å². The van der Waals surface area contributed by atoms with Crippen molar-refractivity contribution in [3.8, 4) is 11.6 Å². The third-order valence-electron chi connectivity index (χ3n) is 3.59. The Morgan fingerprint density at radius 1 is 1.19 bits per heavy atom. The largest absolute Gasteiger partial charge is 0.435 e. The number of hydrogen-bond donors (Lipinski definition) is 1. The van der Waals surface area contributed by atoms with Gasteiger partial charge in [0.1, 0.15) is 5.52 Å². The molecule has 3 rings (SSSR count). The van der Waals surface area contributed by atoms with Crippen LogP contribution in [0.5, 0.6) is 11.6 Å². The van der Waals surface area contributed by atoms with Gasteiger partial charge < -0.3 is 10.1 Å². The van der Waals surface area contributed by atoms with Gasteiger partial charge in [-0.25, -0.2) is 9.97 Å². The molecule has 0 saturated heterocycles. The van der Waals surface area contributed by atoms with Gasteiger partial charge >= 0.3 is 6.18 Å². The van der Waals surface area contributed by atoms with E-state index in [2.05, 4.69) is 26.8 Å². The molecule has 6 nitrogen and oxygen atoms in total. The molecule has 1 aromatic carbocycles. The lowest BCUT2D eigenvalue weighted by Crippen LogP contribution is -2.20. The second kappa shape index (κ2) is 7.40. The highest BCUT2D eigenvalue weighted by molar-refractivity contribution is 5.89. The van der Waals surface area contributed by atoms with Crippen LogP contribution >= 0.6 is 0 Å². The second-order valence-electron chi connectivity index (χ2n) is 5.38. The summed E-state index contributed by atoms with van der Waals surface area (Å²) in [5.41, 5.74) is 0.162. The highest BCUT2D eigenvalue weighted by atomic mass is 19.4. The van der Waals surface area contributed by atoms with Gasteiger partial charge in [-0.15, -0.1) is 0 Å². The quantitative estimate of drug-likeness (QED) is 0.690. The number of alkyl halides is 3. The second-order valence-corrected chi connectivity index (χ2v) is 5.38. The van der Waals surface area contributed by atoms with Gasteiger partial charge in [-0.1, -0.05) is 18.7 Å². The van der Waals surface area contributed by atoms with Gasteiger partial charge in [0.15, 0.2) is 11.4 Å². The first-order valence-electron chi connectivity index (χ1n) is 7.72. The molecule has 1 N–H and O–H groups in total. The fourth-order valence-corrected chi connectivity index (χ4v) is 2.32. The number of halogens is 3. The van der Waals surface area contributed by atoms with Crippen molar-refractivity contribution in [2.45, 2.75) is 12.7 Å². The smallest absolute Gasteiger partial charge is 0.434 e. The van der Waals surface area contributed by atoms with E-state index in [1.165, 1.54) is 6.08 Å². The zero-order chi connectivity index (χ0) is 19.4. The highest BCUT2D eigenvalue weighted by Crippen LogP contribution is 2.31. The molecule has 2 aromatic heterocycles. The molecule has 0 atom stereocenters. The lowest BCUT2D eigenvalue weighted by Gasteiger charge is -2.12. The van der Waals surface area contributed by atoms with Crippen LogP contribution < -0.4 is 10.1 Å². The third-order valence-corrected chi connectivity index (χ3v) is 3.59. The fraction of sp³-hybridized carbons (Fsp3) is 0.111. The standard InChI is InChI=1S/C18H13F3N4O2/c1-2-15(26)24-8-11-5-6-13(17-12(11)4-3-7-22-17)27-16-10-23-14(9-25-16)18(19,20)21/h2-7,9-10H,1,8H2,(H,24,26).